The Morgan fingerprint density at radius 2 is 1.10 bits per heavy atom. The Morgan fingerprint density at radius 1 is 1.10 bits per heavy atom. The Bertz CT molecular complexity index is 119. The van der Waals surface area contributed by atoms with Crippen molar-refractivity contribution in [3.05, 3.63) is 13.2 Å². The zero-order valence-corrected chi connectivity index (χ0v) is 6.14. The first-order chi connectivity index (χ1) is 4.56. The van der Waals surface area contributed by atoms with Crippen molar-refractivity contribution in [1.82, 2.24) is 0 Å². The number of hydrogen-bond acceptors (Lipinski definition) is 3. The molecular weight excluding hydrogens is 132 g/mol. The van der Waals surface area contributed by atoms with Crippen LogP contribution in [-0.4, -0.2) is 17.7 Å². The molecule has 0 amide bonds. The van der Waals surface area contributed by atoms with Crippen molar-refractivity contribution < 1.29 is 14.4 Å². The highest BCUT2D eigenvalue weighted by molar-refractivity contribution is 5.72. The van der Waals surface area contributed by atoms with E-state index in [2.05, 4.69) is 13.2 Å². The van der Waals surface area contributed by atoms with Crippen LogP contribution in [0.4, 0.5) is 0 Å². The molecule has 0 saturated carbocycles. The van der Waals surface area contributed by atoms with E-state index in [1.165, 1.54) is 25.7 Å². The molecule has 0 N–H and O–H groups in total. The summed E-state index contributed by atoms with van der Waals surface area (Å²) in [5.41, 5.74) is 0. The normalized spacial score (nSPS) is 4.20. The predicted molar refractivity (Wildman–Crippen MR) is 39.0 cm³/mol. The molecule has 0 aliphatic rings. The average molecular weight is 142 g/mol. The minimum absolute atomic E-state index is 0.167. The highest BCUT2D eigenvalue weighted by atomic mass is 16.1. The van der Waals surface area contributed by atoms with Crippen LogP contribution in [0.25, 0.3) is 0 Å². The maximum Gasteiger partial charge on any atom is 0.126 e. The fourth-order valence-corrected chi connectivity index (χ4v) is 0. The van der Waals surface area contributed by atoms with Crippen LogP contribution < -0.4 is 0 Å². The van der Waals surface area contributed by atoms with Crippen LogP contribution in [0.3, 0.4) is 0 Å². The molecule has 0 aliphatic heterocycles. The Morgan fingerprint density at radius 3 is 1.10 bits per heavy atom. The van der Waals surface area contributed by atoms with Crippen molar-refractivity contribution >= 4 is 17.7 Å². The molecule has 0 saturated heterocycles. The van der Waals surface area contributed by atoms with Crippen LogP contribution in [0.2, 0.25) is 0 Å². The lowest BCUT2D eigenvalue weighted by molar-refractivity contribution is -0.114. The van der Waals surface area contributed by atoms with E-state index >= 15 is 0 Å². The predicted octanol–water partition coefficient (Wildman–Crippen LogP) is 0.603. The number of hydrogen-bond donors (Lipinski definition) is 0. The third-order valence-electron chi connectivity index (χ3n) is 0. The second-order valence-electron chi connectivity index (χ2n) is 1.20. The molecule has 10 heavy (non-hydrogen) atoms. The molecule has 0 fully saturated rings. The molecule has 0 aliphatic carbocycles. The maximum absolute atomic E-state index is 9.44. The molecule has 3 nitrogen and oxygen atoms in total. The van der Waals surface area contributed by atoms with E-state index in [1.54, 1.807) is 0 Å². The topological polar surface area (TPSA) is 51.2 Å². The van der Waals surface area contributed by atoms with Crippen LogP contribution in [0.5, 0.6) is 0 Å². The standard InChI is InChI=1S/C3H6O.2C2H2O/c1-3(2)4;2*1-2-3/h1-2H3;2*1H2. The molecule has 0 unspecified atom stereocenters. The summed E-state index contributed by atoms with van der Waals surface area (Å²) in [6, 6.07) is 0. The van der Waals surface area contributed by atoms with Crippen LogP contribution in [0, 0.1) is 0 Å². The third-order valence-corrected chi connectivity index (χ3v) is 0. The van der Waals surface area contributed by atoms with Gasteiger partial charge in [-0.15, -0.1) is 0 Å². The van der Waals surface area contributed by atoms with E-state index < -0.39 is 0 Å². The second-order valence-corrected chi connectivity index (χ2v) is 1.20. The van der Waals surface area contributed by atoms with E-state index in [4.69, 9.17) is 9.59 Å². The van der Waals surface area contributed by atoms with Crippen LogP contribution in [0.15, 0.2) is 13.2 Å². The zero-order chi connectivity index (χ0) is 8.99. The van der Waals surface area contributed by atoms with Gasteiger partial charge in [0.25, 0.3) is 0 Å². The minimum atomic E-state index is 0.167. The summed E-state index contributed by atoms with van der Waals surface area (Å²) in [4.78, 5) is 26.6. The molecule has 0 atom stereocenters. The second kappa shape index (κ2) is 25.6. The zero-order valence-electron chi connectivity index (χ0n) is 6.14. The Hall–Kier alpha value is -1.43. The number of carbonyl (C=O) groups excluding carboxylic acids is 3. The molecule has 0 aromatic rings. The first kappa shape index (κ1) is 15.8. The molecule has 3 heteroatoms. The van der Waals surface area contributed by atoms with Crippen molar-refractivity contribution in [1.29, 1.82) is 0 Å². The highest BCUT2D eigenvalue weighted by Crippen LogP contribution is 1.50. The third kappa shape index (κ3) is 99.7. The van der Waals surface area contributed by atoms with Crippen molar-refractivity contribution in [2.75, 3.05) is 0 Å². The summed E-state index contributed by atoms with van der Waals surface area (Å²) in [5.74, 6) is 2.67. The number of ketones is 1. The Labute approximate surface area is 60.0 Å². The smallest absolute Gasteiger partial charge is 0.126 e. The minimum Gasteiger partial charge on any atom is -0.300 e. The van der Waals surface area contributed by atoms with E-state index in [1.807, 2.05) is 0 Å². The fourth-order valence-electron chi connectivity index (χ4n) is 0. The average Bonchev–Trinajstić information content (AvgIpc) is 1.65. The molecule has 0 spiro atoms. The summed E-state index contributed by atoms with van der Waals surface area (Å²) >= 11 is 0. The van der Waals surface area contributed by atoms with Crippen molar-refractivity contribution in [3.63, 3.8) is 0 Å². The van der Waals surface area contributed by atoms with Gasteiger partial charge < -0.3 is 4.79 Å². The van der Waals surface area contributed by atoms with Crippen molar-refractivity contribution in [2.45, 2.75) is 13.8 Å². The molecule has 0 rings (SSSR count). The van der Waals surface area contributed by atoms with Crippen LogP contribution >= 0.6 is 0 Å². The van der Waals surface area contributed by atoms with Gasteiger partial charge in [-0.05, 0) is 27.0 Å². The lowest BCUT2D eigenvalue weighted by atomic mass is 10.6. The fraction of sp³-hybridized carbons (Fsp3) is 0.286. The van der Waals surface area contributed by atoms with Crippen molar-refractivity contribution in [2.24, 2.45) is 0 Å². The molecule has 0 radical (unpaired) electrons. The summed E-state index contributed by atoms with van der Waals surface area (Å²) in [7, 11) is 0. The summed E-state index contributed by atoms with van der Waals surface area (Å²) in [6.45, 7) is 8.42. The van der Waals surface area contributed by atoms with Crippen molar-refractivity contribution in [3.8, 4) is 0 Å². The van der Waals surface area contributed by atoms with Gasteiger partial charge in [0.05, 0.1) is 0 Å². The Balaban J connectivity index is -0.0000000750. The van der Waals surface area contributed by atoms with E-state index in [9.17, 15) is 4.79 Å². The monoisotopic (exact) mass is 142 g/mol. The molecule has 0 heterocycles. The summed E-state index contributed by atoms with van der Waals surface area (Å²) < 4.78 is 0. The van der Waals surface area contributed by atoms with E-state index in [0.29, 0.717) is 0 Å². The van der Waals surface area contributed by atoms with Gasteiger partial charge in [-0.3, -0.25) is 0 Å². The van der Waals surface area contributed by atoms with Gasteiger partial charge in [0.15, 0.2) is 0 Å². The highest BCUT2D eigenvalue weighted by Gasteiger charge is 1.62. The molecular formula is C7H10O3. The molecule has 56 valence electrons. The van der Waals surface area contributed by atoms with Crippen LogP contribution in [0.1, 0.15) is 13.8 Å². The molecule has 0 bridgehead atoms. The number of Topliss-reactive ketones (excluding diaryl/α,β-unsaturated/α-hetero) is 1. The van der Waals surface area contributed by atoms with Gasteiger partial charge in [0.2, 0.25) is 0 Å². The van der Waals surface area contributed by atoms with Gasteiger partial charge >= 0.3 is 0 Å². The first-order valence-electron chi connectivity index (χ1n) is 2.32. The molecule has 0 aromatic carbocycles. The SMILES string of the molecule is C=C=O.C=C=O.CC(C)=O. The molecule has 0 aromatic heterocycles. The van der Waals surface area contributed by atoms with Crippen LogP contribution in [-0.2, 0) is 14.4 Å². The summed E-state index contributed by atoms with van der Waals surface area (Å²) in [6.07, 6.45) is 0. The van der Waals surface area contributed by atoms with Gasteiger partial charge in [-0.25, -0.2) is 9.59 Å². The lowest BCUT2D eigenvalue weighted by Gasteiger charge is -1.56. The first-order valence-corrected chi connectivity index (χ1v) is 2.32. The maximum atomic E-state index is 9.44. The van der Waals surface area contributed by atoms with Gasteiger partial charge in [-0.2, -0.15) is 0 Å². The number of rotatable bonds is 0. The van der Waals surface area contributed by atoms with Gasteiger partial charge in [-0.1, -0.05) is 0 Å². The van der Waals surface area contributed by atoms with E-state index in [-0.39, 0.29) is 5.78 Å². The quantitative estimate of drug-likeness (QED) is 0.465. The van der Waals surface area contributed by atoms with E-state index in [0.717, 1.165) is 0 Å². The van der Waals surface area contributed by atoms with Gasteiger partial charge in [0, 0.05) is 0 Å². The number of carbonyl (C=O) groups is 1. The summed E-state index contributed by atoms with van der Waals surface area (Å²) in [5, 5.41) is 0. The lowest BCUT2D eigenvalue weighted by Crippen LogP contribution is -1.69. The van der Waals surface area contributed by atoms with Gasteiger partial charge in [0.1, 0.15) is 17.7 Å². The Kier molecular flexibility index (Phi) is 40.6. The largest absolute Gasteiger partial charge is 0.300 e.